The summed E-state index contributed by atoms with van der Waals surface area (Å²) in [5.41, 5.74) is 7.32. The van der Waals surface area contributed by atoms with Gasteiger partial charge in [0.25, 0.3) is 0 Å². The molecule has 5 heteroatoms. The number of aromatic nitrogens is 3. The van der Waals surface area contributed by atoms with Gasteiger partial charge < -0.3 is 10.3 Å². The third-order valence-corrected chi connectivity index (χ3v) is 3.11. The molecule has 0 saturated carbocycles. The molecule has 0 fully saturated rings. The largest absolute Gasteiger partial charge is 0.330 e. The Balaban J connectivity index is 2.20. The molecule has 0 aliphatic carbocycles. The summed E-state index contributed by atoms with van der Waals surface area (Å²) in [6.07, 6.45) is 6.96. The van der Waals surface area contributed by atoms with Crippen LogP contribution in [0.3, 0.4) is 0 Å². The van der Waals surface area contributed by atoms with Crippen molar-refractivity contribution in [3.8, 4) is 6.07 Å². The maximum absolute atomic E-state index is 9.04. The number of pyridine rings is 1. The zero-order valence-electron chi connectivity index (χ0n) is 11.0. The number of nitrogens with zero attached hydrogens (tertiary/aromatic N) is 4. The molecule has 2 rings (SSSR count). The Morgan fingerprint density at radius 3 is 3.00 bits per heavy atom. The minimum atomic E-state index is 0.116. The molecule has 2 heterocycles. The van der Waals surface area contributed by atoms with E-state index in [0.29, 0.717) is 12.2 Å². The van der Waals surface area contributed by atoms with Crippen molar-refractivity contribution >= 4 is 0 Å². The van der Waals surface area contributed by atoms with E-state index in [0.717, 1.165) is 24.2 Å². The van der Waals surface area contributed by atoms with Gasteiger partial charge in [-0.15, -0.1) is 0 Å². The smallest absolute Gasteiger partial charge is 0.145 e. The Morgan fingerprint density at radius 2 is 2.26 bits per heavy atom. The van der Waals surface area contributed by atoms with Gasteiger partial charge in [-0.25, -0.2) is 9.97 Å². The molecule has 2 N–H and O–H groups in total. The molecule has 98 valence electrons. The van der Waals surface area contributed by atoms with E-state index in [2.05, 4.69) is 23.0 Å². The second-order valence-electron chi connectivity index (χ2n) is 4.47. The van der Waals surface area contributed by atoms with Gasteiger partial charge in [0, 0.05) is 36.6 Å². The highest BCUT2D eigenvalue weighted by Crippen LogP contribution is 2.10. The maximum atomic E-state index is 9.04. The van der Waals surface area contributed by atoms with E-state index in [-0.39, 0.29) is 6.04 Å². The molecule has 0 spiro atoms. The van der Waals surface area contributed by atoms with E-state index in [9.17, 15) is 0 Å². The SMILES string of the molecule is CCC(N)Cc1nccn1Cc1cccnc1C#N. The quantitative estimate of drug-likeness (QED) is 0.877. The third kappa shape index (κ3) is 3.18. The highest BCUT2D eigenvalue weighted by Gasteiger charge is 2.10. The zero-order chi connectivity index (χ0) is 13.7. The number of hydrogen-bond acceptors (Lipinski definition) is 4. The van der Waals surface area contributed by atoms with Crippen LogP contribution in [0.5, 0.6) is 0 Å². The molecule has 2 aromatic heterocycles. The van der Waals surface area contributed by atoms with Crippen LogP contribution in [0.25, 0.3) is 0 Å². The summed E-state index contributed by atoms with van der Waals surface area (Å²) < 4.78 is 2.02. The van der Waals surface area contributed by atoms with Crippen molar-refractivity contribution in [1.82, 2.24) is 14.5 Å². The molecule has 2 aromatic rings. The van der Waals surface area contributed by atoms with Crippen molar-refractivity contribution in [3.63, 3.8) is 0 Å². The molecule has 19 heavy (non-hydrogen) atoms. The van der Waals surface area contributed by atoms with Gasteiger partial charge in [-0.2, -0.15) is 5.26 Å². The van der Waals surface area contributed by atoms with Crippen LogP contribution >= 0.6 is 0 Å². The Hall–Kier alpha value is -2.19. The summed E-state index contributed by atoms with van der Waals surface area (Å²) in [6.45, 7) is 2.66. The predicted molar refractivity (Wildman–Crippen MR) is 72.3 cm³/mol. The van der Waals surface area contributed by atoms with Crippen LogP contribution in [0.4, 0.5) is 0 Å². The standard InChI is InChI=1S/C14H17N5/c1-2-12(16)8-14-18-6-7-19(14)10-11-4-3-5-17-13(11)9-15/h3-7,12H,2,8,10,16H2,1H3. The van der Waals surface area contributed by atoms with Crippen molar-refractivity contribution in [1.29, 1.82) is 5.26 Å². The lowest BCUT2D eigenvalue weighted by atomic mass is 10.1. The first-order chi connectivity index (χ1) is 9.24. The molecule has 0 bridgehead atoms. The predicted octanol–water partition coefficient (Wildman–Crippen LogP) is 1.48. The van der Waals surface area contributed by atoms with Crippen LogP contribution in [0.2, 0.25) is 0 Å². The molecule has 0 amide bonds. The number of imidazole rings is 1. The van der Waals surface area contributed by atoms with Crippen molar-refractivity contribution in [2.24, 2.45) is 5.73 Å². The fraction of sp³-hybridized carbons (Fsp3) is 0.357. The van der Waals surface area contributed by atoms with E-state index >= 15 is 0 Å². The second-order valence-corrected chi connectivity index (χ2v) is 4.47. The lowest BCUT2D eigenvalue weighted by molar-refractivity contribution is 0.597. The van der Waals surface area contributed by atoms with Crippen molar-refractivity contribution < 1.29 is 0 Å². The molecular weight excluding hydrogens is 238 g/mol. The Labute approximate surface area is 112 Å². The normalized spacial score (nSPS) is 12.1. The lowest BCUT2D eigenvalue weighted by Gasteiger charge is -2.11. The summed E-state index contributed by atoms with van der Waals surface area (Å²) in [6, 6.07) is 5.98. The molecule has 0 radical (unpaired) electrons. The highest BCUT2D eigenvalue weighted by atomic mass is 15.1. The molecule has 5 nitrogen and oxygen atoms in total. The van der Waals surface area contributed by atoms with E-state index in [1.807, 2.05) is 22.9 Å². The van der Waals surface area contributed by atoms with Crippen molar-refractivity contribution in [2.75, 3.05) is 0 Å². The van der Waals surface area contributed by atoms with Crippen LogP contribution in [-0.4, -0.2) is 20.6 Å². The fourth-order valence-corrected chi connectivity index (χ4v) is 1.90. The summed E-state index contributed by atoms with van der Waals surface area (Å²) in [4.78, 5) is 8.40. The van der Waals surface area contributed by atoms with Gasteiger partial charge in [0.2, 0.25) is 0 Å². The Morgan fingerprint density at radius 1 is 1.42 bits per heavy atom. The summed E-state index contributed by atoms with van der Waals surface area (Å²) in [5, 5.41) is 9.04. The van der Waals surface area contributed by atoms with Crippen LogP contribution in [0, 0.1) is 11.3 Å². The van der Waals surface area contributed by atoms with Crippen molar-refractivity contribution in [3.05, 3.63) is 47.8 Å². The summed E-state index contributed by atoms with van der Waals surface area (Å²) in [7, 11) is 0. The second kappa shape index (κ2) is 6.12. The van der Waals surface area contributed by atoms with Crippen LogP contribution in [-0.2, 0) is 13.0 Å². The van der Waals surface area contributed by atoms with Gasteiger partial charge in [-0.05, 0) is 12.5 Å². The minimum absolute atomic E-state index is 0.116. The van der Waals surface area contributed by atoms with E-state index < -0.39 is 0 Å². The molecule has 0 aromatic carbocycles. The monoisotopic (exact) mass is 255 g/mol. The molecular formula is C14H17N5. The maximum Gasteiger partial charge on any atom is 0.145 e. The van der Waals surface area contributed by atoms with E-state index in [1.54, 1.807) is 12.4 Å². The van der Waals surface area contributed by atoms with E-state index in [1.165, 1.54) is 0 Å². The van der Waals surface area contributed by atoms with Crippen LogP contribution in [0.15, 0.2) is 30.7 Å². The number of rotatable bonds is 5. The first-order valence-corrected chi connectivity index (χ1v) is 6.34. The van der Waals surface area contributed by atoms with Gasteiger partial charge in [0.15, 0.2) is 0 Å². The van der Waals surface area contributed by atoms with Crippen molar-refractivity contribution in [2.45, 2.75) is 32.4 Å². The number of hydrogen-bond donors (Lipinski definition) is 1. The highest BCUT2D eigenvalue weighted by molar-refractivity contribution is 5.30. The Bertz CT molecular complexity index is 582. The first kappa shape index (κ1) is 13.2. The van der Waals surface area contributed by atoms with Gasteiger partial charge in [-0.3, -0.25) is 0 Å². The summed E-state index contributed by atoms with van der Waals surface area (Å²) >= 11 is 0. The number of nitriles is 1. The van der Waals surface area contributed by atoms with E-state index in [4.69, 9.17) is 11.0 Å². The fourth-order valence-electron chi connectivity index (χ4n) is 1.90. The minimum Gasteiger partial charge on any atom is -0.330 e. The zero-order valence-corrected chi connectivity index (χ0v) is 11.0. The molecule has 0 saturated heterocycles. The van der Waals surface area contributed by atoms with Crippen LogP contribution in [0.1, 0.15) is 30.4 Å². The Kier molecular flexibility index (Phi) is 4.26. The van der Waals surface area contributed by atoms with Gasteiger partial charge in [0.05, 0.1) is 6.54 Å². The molecule has 1 unspecified atom stereocenters. The summed E-state index contributed by atoms with van der Waals surface area (Å²) in [5.74, 6) is 0.946. The number of nitrogens with two attached hydrogens (primary N) is 1. The molecule has 0 aliphatic heterocycles. The van der Waals surface area contributed by atoms with Gasteiger partial charge in [0.1, 0.15) is 17.6 Å². The first-order valence-electron chi connectivity index (χ1n) is 6.34. The average Bonchev–Trinajstić information content (AvgIpc) is 2.86. The van der Waals surface area contributed by atoms with Gasteiger partial charge >= 0.3 is 0 Å². The lowest BCUT2D eigenvalue weighted by Crippen LogP contribution is -2.23. The van der Waals surface area contributed by atoms with Gasteiger partial charge in [-0.1, -0.05) is 13.0 Å². The third-order valence-electron chi connectivity index (χ3n) is 3.11. The average molecular weight is 255 g/mol. The molecule has 1 atom stereocenters. The molecule has 0 aliphatic rings. The van der Waals surface area contributed by atoms with Crippen LogP contribution < -0.4 is 5.73 Å². The topological polar surface area (TPSA) is 80.5 Å².